The number of carbonyl (C=O) groups is 1. The van der Waals surface area contributed by atoms with E-state index >= 15 is 0 Å². The van der Waals surface area contributed by atoms with Gasteiger partial charge in [0, 0.05) is 0 Å². The van der Waals surface area contributed by atoms with Crippen molar-refractivity contribution in [1.82, 2.24) is 5.32 Å². The molecule has 1 N–H and O–H groups in total. The van der Waals surface area contributed by atoms with E-state index in [1.165, 1.54) is 0 Å². The molecule has 7 nitrogen and oxygen atoms in total. The van der Waals surface area contributed by atoms with Crippen LogP contribution in [0.1, 0.15) is 37.4 Å². The summed E-state index contributed by atoms with van der Waals surface area (Å²) in [6.07, 6.45) is 1.72. The molecule has 0 aliphatic rings. The summed E-state index contributed by atoms with van der Waals surface area (Å²) in [5, 5.41) is 2.97. The third-order valence-electron chi connectivity index (χ3n) is 4.88. The zero-order valence-corrected chi connectivity index (χ0v) is 19.1. The van der Waals surface area contributed by atoms with Gasteiger partial charge in [-0.2, -0.15) is 0 Å². The van der Waals surface area contributed by atoms with Gasteiger partial charge in [0.05, 0.1) is 32.2 Å². The second kappa shape index (κ2) is 9.84. The summed E-state index contributed by atoms with van der Waals surface area (Å²) < 4.78 is 36.7. The fraction of sp³-hybridized carbons (Fsp3) is 0.409. The molecule has 2 atom stereocenters. The van der Waals surface area contributed by atoms with E-state index in [-0.39, 0.29) is 11.9 Å². The Morgan fingerprint density at radius 2 is 1.77 bits per heavy atom. The van der Waals surface area contributed by atoms with E-state index in [1.807, 2.05) is 32.0 Å². The molecule has 0 fully saturated rings. The first-order chi connectivity index (χ1) is 14.1. The van der Waals surface area contributed by atoms with E-state index in [1.54, 1.807) is 45.4 Å². The summed E-state index contributed by atoms with van der Waals surface area (Å²) >= 11 is 0. The largest absolute Gasteiger partial charge is 0.493 e. The summed E-state index contributed by atoms with van der Waals surface area (Å²) in [7, 11) is -0.560. The number of rotatable bonds is 9. The second-order valence-electron chi connectivity index (χ2n) is 7.16. The SMILES string of the molecule is CCC(NC(=O)C(C)N(c1cccc(C)c1)S(C)(=O)=O)c1ccc(OC)c(OC)c1. The summed E-state index contributed by atoms with van der Waals surface area (Å²) in [6, 6.07) is 11.3. The van der Waals surface area contributed by atoms with Crippen molar-refractivity contribution in [1.29, 1.82) is 0 Å². The molecule has 2 unspecified atom stereocenters. The number of nitrogens with one attached hydrogen (secondary N) is 1. The van der Waals surface area contributed by atoms with Crippen molar-refractivity contribution < 1.29 is 22.7 Å². The van der Waals surface area contributed by atoms with E-state index in [2.05, 4.69) is 5.32 Å². The quantitative estimate of drug-likeness (QED) is 0.654. The number of aryl methyl sites for hydroxylation is 1. The standard InChI is InChI=1S/C22H30N2O5S/c1-7-19(17-11-12-20(28-4)21(14-17)29-5)23-22(25)16(3)24(30(6,26)27)18-10-8-9-15(2)13-18/h8-14,16,19H,7H2,1-6H3,(H,23,25). The first-order valence-electron chi connectivity index (χ1n) is 9.70. The third-order valence-corrected chi connectivity index (χ3v) is 6.12. The molecule has 2 aromatic carbocycles. The van der Waals surface area contributed by atoms with Crippen molar-refractivity contribution in [2.75, 3.05) is 24.8 Å². The van der Waals surface area contributed by atoms with Crippen LogP contribution in [0.2, 0.25) is 0 Å². The van der Waals surface area contributed by atoms with Crippen molar-refractivity contribution in [2.45, 2.75) is 39.3 Å². The maximum atomic E-state index is 13.0. The van der Waals surface area contributed by atoms with Gasteiger partial charge in [-0.25, -0.2) is 8.42 Å². The van der Waals surface area contributed by atoms with Crippen LogP contribution in [0.15, 0.2) is 42.5 Å². The molecule has 0 radical (unpaired) electrons. The molecule has 0 heterocycles. The molecule has 2 rings (SSSR count). The maximum Gasteiger partial charge on any atom is 0.244 e. The van der Waals surface area contributed by atoms with Crippen LogP contribution in [0.4, 0.5) is 5.69 Å². The lowest BCUT2D eigenvalue weighted by molar-refractivity contribution is -0.122. The van der Waals surface area contributed by atoms with Crippen molar-refractivity contribution in [3.63, 3.8) is 0 Å². The van der Waals surface area contributed by atoms with E-state index in [0.29, 0.717) is 23.6 Å². The Morgan fingerprint density at radius 3 is 2.30 bits per heavy atom. The van der Waals surface area contributed by atoms with Crippen LogP contribution in [0.5, 0.6) is 11.5 Å². The predicted octanol–water partition coefficient (Wildman–Crippen LogP) is 3.43. The van der Waals surface area contributed by atoms with Crippen molar-refractivity contribution in [2.24, 2.45) is 0 Å². The van der Waals surface area contributed by atoms with Gasteiger partial charge in [0.25, 0.3) is 0 Å². The number of sulfonamides is 1. The van der Waals surface area contributed by atoms with Crippen molar-refractivity contribution in [3.05, 3.63) is 53.6 Å². The maximum absolute atomic E-state index is 13.0. The molecule has 0 aromatic heterocycles. The third kappa shape index (κ3) is 5.44. The minimum Gasteiger partial charge on any atom is -0.493 e. The smallest absolute Gasteiger partial charge is 0.244 e. The minimum absolute atomic E-state index is 0.307. The van der Waals surface area contributed by atoms with Gasteiger partial charge in [-0.05, 0) is 55.7 Å². The highest BCUT2D eigenvalue weighted by Crippen LogP contribution is 2.31. The zero-order valence-electron chi connectivity index (χ0n) is 18.3. The van der Waals surface area contributed by atoms with Gasteiger partial charge < -0.3 is 14.8 Å². The summed E-state index contributed by atoms with van der Waals surface area (Å²) in [5.74, 6) is 0.773. The van der Waals surface area contributed by atoms with Crippen LogP contribution >= 0.6 is 0 Å². The predicted molar refractivity (Wildman–Crippen MR) is 119 cm³/mol. The number of methoxy groups -OCH3 is 2. The molecule has 8 heteroatoms. The van der Waals surface area contributed by atoms with Crippen LogP contribution < -0.4 is 19.1 Å². The number of amides is 1. The minimum atomic E-state index is -3.67. The van der Waals surface area contributed by atoms with Gasteiger partial charge in [-0.3, -0.25) is 9.10 Å². The van der Waals surface area contributed by atoms with E-state index in [4.69, 9.17) is 9.47 Å². The van der Waals surface area contributed by atoms with Crippen LogP contribution in [-0.4, -0.2) is 40.8 Å². The molecule has 0 bridgehead atoms. The lowest BCUT2D eigenvalue weighted by atomic mass is 10.0. The molecule has 0 aliphatic carbocycles. The Labute approximate surface area is 179 Å². The van der Waals surface area contributed by atoms with Crippen molar-refractivity contribution in [3.8, 4) is 11.5 Å². The van der Waals surface area contributed by atoms with Gasteiger partial charge >= 0.3 is 0 Å². The average molecular weight is 435 g/mol. The van der Waals surface area contributed by atoms with Gasteiger partial charge in [-0.15, -0.1) is 0 Å². The van der Waals surface area contributed by atoms with Crippen LogP contribution in [0.3, 0.4) is 0 Å². The number of benzene rings is 2. The first-order valence-corrected chi connectivity index (χ1v) is 11.6. The fourth-order valence-electron chi connectivity index (χ4n) is 3.36. The molecule has 1 amide bonds. The Morgan fingerprint density at radius 1 is 1.10 bits per heavy atom. The number of nitrogens with zero attached hydrogens (tertiary/aromatic N) is 1. The lowest BCUT2D eigenvalue weighted by Crippen LogP contribution is -2.48. The molecule has 0 spiro atoms. The normalized spacial score (nSPS) is 13.3. The lowest BCUT2D eigenvalue weighted by Gasteiger charge is -2.30. The molecule has 30 heavy (non-hydrogen) atoms. The van der Waals surface area contributed by atoms with Gasteiger partial charge in [0.15, 0.2) is 11.5 Å². The van der Waals surface area contributed by atoms with Gasteiger partial charge in [-0.1, -0.05) is 25.1 Å². The Bertz CT molecular complexity index is 991. The van der Waals surface area contributed by atoms with E-state index in [9.17, 15) is 13.2 Å². The summed E-state index contributed by atoms with van der Waals surface area (Å²) in [4.78, 5) is 13.0. The fourth-order valence-corrected chi connectivity index (χ4v) is 4.52. The molecular weight excluding hydrogens is 404 g/mol. The zero-order chi connectivity index (χ0) is 22.5. The molecule has 164 valence electrons. The van der Waals surface area contributed by atoms with Gasteiger partial charge in [0.1, 0.15) is 6.04 Å². The van der Waals surface area contributed by atoms with Gasteiger partial charge in [0.2, 0.25) is 15.9 Å². The van der Waals surface area contributed by atoms with E-state index in [0.717, 1.165) is 21.7 Å². The highest BCUT2D eigenvalue weighted by Gasteiger charge is 2.30. The Kier molecular flexibility index (Phi) is 7.72. The Hall–Kier alpha value is -2.74. The monoisotopic (exact) mass is 434 g/mol. The highest BCUT2D eigenvalue weighted by atomic mass is 32.2. The Balaban J connectivity index is 2.31. The van der Waals surface area contributed by atoms with Crippen LogP contribution in [0.25, 0.3) is 0 Å². The summed E-state index contributed by atoms with van der Waals surface area (Å²) in [6.45, 7) is 5.40. The molecular formula is C22H30N2O5S. The van der Waals surface area contributed by atoms with Crippen LogP contribution in [-0.2, 0) is 14.8 Å². The first kappa shape index (κ1) is 23.5. The van der Waals surface area contributed by atoms with Crippen molar-refractivity contribution >= 4 is 21.6 Å². The highest BCUT2D eigenvalue weighted by molar-refractivity contribution is 7.92. The number of ether oxygens (including phenoxy) is 2. The molecule has 0 saturated carbocycles. The second-order valence-corrected chi connectivity index (χ2v) is 9.02. The average Bonchev–Trinajstić information content (AvgIpc) is 2.70. The molecule has 0 aliphatic heterocycles. The van der Waals surface area contributed by atoms with E-state index < -0.39 is 16.1 Å². The topological polar surface area (TPSA) is 84.9 Å². The number of hydrogen-bond acceptors (Lipinski definition) is 5. The number of hydrogen-bond donors (Lipinski definition) is 1. The van der Waals surface area contributed by atoms with Crippen LogP contribution in [0, 0.1) is 6.92 Å². The number of anilines is 1. The molecule has 0 saturated heterocycles. The molecule has 2 aromatic rings. The summed E-state index contributed by atoms with van der Waals surface area (Å²) in [5.41, 5.74) is 2.21. The number of carbonyl (C=O) groups excluding carboxylic acids is 1.